The first-order valence-corrected chi connectivity index (χ1v) is 23.9. The highest BCUT2D eigenvalue weighted by molar-refractivity contribution is 6.45. The maximum absolute atomic E-state index is 12.9. The first-order chi connectivity index (χ1) is 33.6. The summed E-state index contributed by atoms with van der Waals surface area (Å²) in [6.45, 7) is 25.9. The summed E-state index contributed by atoms with van der Waals surface area (Å²) in [7, 11) is 1.50. The first-order valence-electron chi connectivity index (χ1n) is 23.9. The first kappa shape index (κ1) is 61.3. The molecule has 1 aliphatic carbocycles. The van der Waals surface area contributed by atoms with Crippen LogP contribution in [0, 0.1) is 25.7 Å². The molecule has 1 amide bonds. The summed E-state index contributed by atoms with van der Waals surface area (Å²) in [5.74, 6) is -2.91. The molecule has 2 heterocycles. The molecule has 386 valence electrons. The van der Waals surface area contributed by atoms with Crippen molar-refractivity contribution in [2.45, 2.75) is 135 Å². The molecule has 0 radical (unpaired) electrons. The van der Waals surface area contributed by atoms with Gasteiger partial charge in [-0.05, 0) is 96.5 Å². The number of nitrogens with zero attached hydrogens (tertiary/aromatic N) is 2. The van der Waals surface area contributed by atoms with Crippen molar-refractivity contribution in [1.29, 1.82) is 0 Å². The molecule has 2 atom stereocenters. The Labute approximate surface area is 412 Å². The maximum Gasteiger partial charge on any atom is 0.389 e. The number of hydrogen-bond acceptors (Lipinski definition) is 13. The second-order valence-electron chi connectivity index (χ2n) is 15.5. The van der Waals surface area contributed by atoms with E-state index >= 15 is 0 Å². The fourth-order valence-electron chi connectivity index (χ4n) is 7.44. The van der Waals surface area contributed by atoms with E-state index in [1.807, 2.05) is 88.8 Å². The van der Waals surface area contributed by atoms with Gasteiger partial charge >= 0.3 is 11.9 Å². The van der Waals surface area contributed by atoms with Crippen molar-refractivity contribution in [3.63, 3.8) is 0 Å². The molecule has 0 saturated carbocycles. The van der Waals surface area contributed by atoms with E-state index in [4.69, 9.17) is 29.4 Å². The number of amides is 1. The number of primary amides is 1. The van der Waals surface area contributed by atoms with Gasteiger partial charge in [0.1, 0.15) is 11.5 Å². The summed E-state index contributed by atoms with van der Waals surface area (Å²) in [4.78, 5) is 75.8. The van der Waals surface area contributed by atoms with Crippen LogP contribution < -0.4 is 20.9 Å². The molecule has 0 spiro atoms. The minimum atomic E-state index is -1.18. The summed E-state index contributed by atoms with van der Waals surface area (Å²) in [6.07, 6.45) is 8.12. The molecule has 0 fully saturated rings. The molecule has 2 aromatic carbocycles. The number of hydrogen-bond donors (Lipinski definition) is 2. The Morgan fingerprint density at radius 1 is 0.729 bits per heavy atom. The van der Waals surface area contributed by atoms with Crippen LogP contribution in [0.5, 0.6) is 11.5 Å². The van der Waals surface area contributed by atoms with E-state index in [0.717, 1.165) is 19.3 Å². The van der Waals surface area contributed by atoms with Crippen LogP contribution in [0.15, 0.2) is 72.4 Å². The van der Waals surface area contributed by atoms with Crippen LogP contribution in [0.1, 0.15) is 128 Å². The number of ether oxygens (including phenoxy) is 5. The smallest absolute Gasteiger partial charge is 0.389 e. The highest BCUT2D eigenvalue weighted by Crippen LogP contribution is 2.37. The van der Waals surface area contributed by atoms with Gasteiger partial charge in [-0.3, -0.25) is 24.1 Å². The SMILES string of the molecule is CC.CC.CCCn1c(C)c(C(=O)C=O)c2c(OC(C(=O)OF)C(C)C)cccc21.CCOC(=O)C(Oc1cccc2c1c(C(=O)C(N)=O)c(C)n2C/C=C/OC1=CCCC=C1OCC)C(C)C.CN. The zero-order chi connectivity index (χ0) is 53.2. The summed E-state index contributed by atoms with van der Waals surface area (Å²) < 4.78 is 44.7. The lowest BCUT2D eigenvalue weighted by Crippen LogP contribution is -2.34. The predicted octanol–water partition coefficient (Wildman–Crippen LogP) is 9.91. The van der Waals surface area contributed by atoms with E-state index in [9.17, 15) is 33.3 Å². The largest absolute Gasteiger partial charge is 0.490 e. The zero-order valence-corrected chi connectivity index (χ0v) is 43.4. The van der Waals surface area contributed by atoms with Gasteiger partial charge in [-0.1, -0.05) is 74.4 Å². The molecule has 0 saturated heterocycles. The van der Waals surface area contributed by atoms with Crippen LogP contribution in [0.3, 0.4) is 0 Å². The number of nitrogens with two attached hydrogens (primary N) is 2. The van der Waals surface area contributed by atoms with Gasteiger partial charge < -0.3 is 44.3 Å². The van der Waals surface area contributed by atoms with Crippen molar-refractivity contribution in [2.24, 2.45) is 23.3 Å². The van der Waals surface area contributed by atoms with E-state index in [1.165, 1.54) is 7.05 Å². The molecule has 1 aliphatic rings. The third-order valence-electron chi connectivity index (χ3n) is 10.4. The monoisotopic (exact) mass is 979 g/mol. The molecule has 4 aromatic rings. The highest BCUT2D eigenvalue weighted by atomic mass is 19.3. The van der Waals surface area contributed by atoms with Gasteiger partial charge in [-0.15, -0.1) is 0 Å². The number of Topliss-reactive ketones (excluding diaryl/α,β-unsaturated/α-hetero) is 2. The Morgan fingerprint density at radius 3 is 1.70 bits per heavy atom. The second kappa shape index (κ2) is 31.4. The van der Waals surface area contributed by atoms with Crippen molar-refractivity contribution < 1.29 is 61.9 Å². The number of aryl methyl sites for hydroxylation is 1. The number of carbonyl (C=O) groups is 6. The molecule has 0 bridgehead atoms. The lowest BCUT2D eigenvalue weighted by molar-refractivity contribution is -0.194. The average molecular weight is 979 g/mol. The average Bonchev–Trinajstić information content (AvgIpc) is 3.82. The summed E-state index contributed by atoms with van der Waals surface area (Å²) in [6, 6.07) is 10.4. The predicted molar refractivity (Wildman–Crippen MR) is 270 cm³/mol. The lowest BCUT2D eigenvalue weighted by Gasteiger charge is -2.21. The Morgan fingerprint density at radius 2 is 1.23 bits per heavy atom. The normalized spacial score (nSPS) is 12.5. The van der Waals surface area contributed by atoms with Crippen LogP contribution in [0.25, 0.3) is 21.8 Å². The number of halogens is 1. The third-order valence-corrected chi connectivity index (χ3v) is 10.4. The van der Waals surface area contributed by atoms with Gasteiger partial charge in [0.15, 0.2) is 23.9 Å². The lowest BCUT2D eigenvalue weighted by atomic mass is 10.0. The van der Waals surface area contributed by atoms with Gasteiger partial charge in [-0.2, -0.15) is 0 Å². The number of aldehydes is 1. The van der Waals surface area contributed by atoms with Gasteiger partial charge in [0.05, 0.1) is 52.4 Å². The molecule has 4 N–H and O–H groups in total. The van der Waals surface area contributed by atoms with Crippen molar-refractivity contribution in [3.8, 4) is 11.5 Å². The minimum Gasteiger partial charge on any atom is -0.490 e. The van der Waals surface area contributed by atoms with Gasteiger partial charge in [0, 0.05) is 40.8 Å². The molecule has 16 nitrogen and oxygen atoms in total. The number of carbonyl (C=O) groups excluding carboxylic acids is 6. The van der Waals surface area contributed by atoms with Crippen molar-refractivity contribution in [1.82, 2.24) is 9.13 Å². The van der Waals surface area contributed by atoms with Crippen molar-refractivity contribution in [2.75, 3.05) is 20.3 Å². The summed E-state index contributed by atoms with van der Waals surface area (Å²) in [5.41, 5.74) is 12.8. The third kappa shape index (κ3) is 15.4. The zero-order valence-electron chi connectivity index (χ0n) is 43.4. The molecule has 5 rings (SSSR count). The van der Waals surface area contributed by atoms with Crippen LogP contribution >= 0.6 is 0 Å². The molecule has 0 aliphatic heterocycles. The molecule has 17 heteroatoms. The van der Waals surface area contributed by atoms with E-state index in [-0.39, 0.29) is 41.6 Å². The number of allylic oxidation sites excluding steroid dienone is 3. The van der Waals surface area contributed by atoms with Crippen molar-refractivity contribution >= 4 is 57.5 Å². The fraction of sp³-hybridized carbons (Fsp3) is 0.472. The topological polar surface area (TPSA) is 220 Å². The Hall–Kier alpha value is -6.75. The molecule has 2 aromatic heterocycles. The number of ketones is 2. The number of benzene rings is 2. The summed E-state index contributed by atoms with van der Waals surface area (Å²) in [5, 5.41) is 0.850. The Bertz CT molecular complexity index is 2460. The second-order valence-corrected chi connectivity index (χ2v) is 15.5. The van der Waals surface area contributed by atoms with Crippen LogP contribution in [-0.4, -0.2) is 77.3 Å². The van der Waals surface area contributed by atoms with Crippen LogP contribution in [-0.2, 0) is 51.4 Å². The number of fused-ring (bicyclic) bond motifs is 2. The summed E-state index contributed by atoms with van der Waals surface area (Å²) >= 11 is 0. The van der Waals surface area contributed by atoms with Crippen LogP contribution in [0.4, 0.5) is 4.53 Å². The number of esters is 1. The number of aromatic nitrogens is 2. The van der Waals surface area contributed by atoms with Crippen molar-refractivity contribution in [3.05, 3.63) is 94.9 Å². The number of rotatable bonds is 21. The maximum atomic E-state index is 12.9. The van der Waals surface area contributed by atoms with E-state index in [1.54, 1.807) is 71.2 Å². The molecule has 2 unspecified atom stereocenters. The molecular weight excluding hydrogens is 904 g/mol. The van der Waals surface area contributed by atoms with E-state index < -0.39 is 41.6 Å². The highest BCUT2D eigenvalue weighted by Gasteiger charge is 2.32. The standard InChI is InChI=1S/C29H36N2O7.C19H22FNO5.2C2H6.CH5N/c1-6-35-21-13-8-9-14-22(21)37-17-11-16-31-19(5)24(26(32)28(30)33)25-20(31)12-10-15-23(25)38-27(18(3)4)29(34)36-7-2;1-5-9-21-12(4)16(14(23)10-22)17-13(21)7-6-8-15(17)25-18(11(2)3)19(24)26-20;3*1-2/h10-15,17-18,27H,6-9,16H2,1-5H3,(H2,30,33);6-8,10-11,18H,5,9H2,1-4H3;2*1-2H3;2H2,1H3/b17-11+;;;;. The van der Waals surface area contributed by atoms with Crippen LogP contribution in [0.2, 0.25) is 0 Å². The van der Waals surface area contributed by atoms with E-state index in [0.29, 0.717) is 70.2 Å². The molecular formula is C53H75FN4O12. The quantitative estimate of drug-likeness (QED) is 0.0261. The Balaban J connectivity index is 0.000000668. The minimum absolute atomic E-state index is 0.139. The van der Waals surface area contributed by atoms with E-state index in [2.05, 4.69) is 10.7 Å². The molecule has 70 heavy (non-hydrogen) atoms. The van der Waals surface area contributed by atoms with Gasteiger partial charge in [0.25, 0.3) is 11.7 Å². The fourth-order valence-corrected chi connectivity index (χ4v) is 7.44. The van der Waals surface area contributed by atoms with Gasteiger partial charge in [0.2, 0.25) is 11.9 Å². The van der Waals surface area contributed by atoms with Gasteiger partial charge in [-0.25, -0.2) is 9.59 Å². The Kier molecular flexibility index (Phi) is 27.5.